The van der Waals surface area contributed by atoms with Crippen LogP contribution in [-0.2, 0) is 4.79 Å². The van der Waals surface area contributed by atoms with Crippen molar-refractivity contribution in [1.82, 2.24) is 15.0 Å². The third kappa shape index (κ3) is 5.01. The summed E-state index contributed by atoms with van der Waals surface area (Å²) in [6, 6.07) is 21.8. The summed E-state index contributed by atoms with van der Waals surface area (Å²) in [7, 11) is 0. The molecule has 1 aromatic heterocycles. The van der Waals surface area contributed by atoms with Gasteiger partial charge in [-0.3, -0.25) is 4.79 Å². The van der Waals surface area contributed by atoms with Gasteiger partial charge in [-0.15, -0.1) is 0 Å². The highest BCUT2D eigenvalue weighted by Crippen LogP contribution is 2.30. The molecule has 0 atom stereocenters. The molecule has 1 amide bonds. The number of carbonyl (C=O) groups is 1. The van der Waals surface area contributed by atoms with Gasteiger partial charge in [0.25, 0.3) is 11.8 Å². The van der Waals surface area contributed by atoms with Gasteiger partial charge in [-0.05, 0) is 37.3 Å². The highest BCUT2D eigenvalue weighted by molar-refractivity contribution is 5.78. The largest absolute Gasteiger partial charge is 0.483 e. The number of ether oxygens (including phenoxy) is 1. The molecular weight excluding hydrogens is 447 g/mol. The fraction of sp³-hybridized carbons (Fsp3) is 0.222. The second-order valence-electron chi connectivity index (χ2n) is 8.40. The zero-order chi connectivity index (χ0) is 24.2. The zero-order valence-corrected chi connectivity index (χ0v) is 19.4. The van der Waals surface area contributed by atoms with Crippen molar-refractivity contribution in [2.45, 2.75) is 6.92 Å². The summed E-state index contributed by atoms with van der Waals surface area (Å²) >= 11 is 0. The number of amides is 1. The molecule has 2 heterocycles. The number of nitrogens with zero attached hydrogens (tertiary/aromatic N) is 4. The molecule has 0 unspecified atom stereocenters. The Kier molecular flexibility index (Phi) is 6.43. The van der Waals surface area contributed by atoms with Gasteiger partial charge in [0, 0.05) is 31.7 Å². The summed E-state index contributed by atoms with van der Waals surface area (Å²) in [5.41, 5.74) is 3.15. The second kappa shape index (κ2) is 9.97. The molecule has 5 rings (SSSR count). The molecule has 0 N–H and O–H groups in total. The van der Waals surface area contributed by atoms with Crippen LogP contribution < -0.4 is 9.64 Å². The maximum atomic E-state index is 14.1. The third-order valence-corrected chi connectivity index (χ3v) is 6.00. The van der Waals surface area contributed by atoms with Crippen LogP contribution in [0.5, 0.6) is 5.75 Å². The van der Waals surface area contributed by atoms with Crippen molar-refractivity contribution in [2.24, 2.45) is 0 Å². The van der Waals surface area contributed by atoms with Gasteiger partial charge >= 0.3 is 0 Å². The van der Waals surface area contributed by atoms with Crippen LogP contribution in [0.4, 0.5) is 10.1 Å². The SMILES string of the molecule is Cc1cccc(-c2noc(-c3ccccc3OCC(=O)N3CCN(c4ccccc4F)CC3)n2)c1. The van der Waals surface area contributed by atoms with Crippen molar-refractivity contribution in [3.8, 4) is 28.6 Å². The maximum Gasteiger partial charge on any atom is 0.262 e. The Morgan fingerprint density at radius 3 is 2.57 bits per heavy atom. The Hall–Kier alpha value is -4.20. The lowest BCUT2D eigenvalue weighted by atomic mass is 10.1. The van der Waals surface area contributed by atoms with Crippen LogP contribution in [0.3, 0.4) is 0 Å². The van der Waals surface area contributed by atoms with E-state index in [1.165, 1.54) is 6.07 Å². The molecule has 4 aromatic rings. The van der Waals surface area contributed by atoms with Crippen molar-refractivity contribution in [1.29, 1.82) is 0 Å². The minimum absolute atomic E-state index is 0.115. The summed E-state index contributed by atoms with van der Waals surface area (Å²) in [5.74, 6) is 0.924. The van der Waals surface area contributed by atoms with Crippen molar-refractivity contribution in [3.63, 3.8) is 0 Å². The molecule has 0 spiro atoms. The number of carbonyl (C=O) groups excluding carboxylic acids is 1. The van der Waals surface area contributed by atoms with Crippen molar-refractivity contribution < 1.29 is 18.4 Å². The molecule has 0 bridgehead atoms. The van der Waals surface area contributed by atoms with E-state index in [2.05, 4.69) is 10.1 Å². The number of aryl methyl sites for hydroxylation is 1. The van der Waals surface area contributed by atoms with E-state index in [-0.39, 0.29) is 18.3 Å². The van der Waals surface area contributed by atoms with E-state index < -0.39 is 0 Å². The first-order valence-electron chi connectivity index (χ1n) is 11.5. The van der Waals surface area contributed by atoms with E-state index in [9.17, 15) is 9.18 Å². The van der Waals surface area contributed by atoms with Crippen LogP contribution >= 0.6 is 0 Å². The molecule has 0 saturated carbocycles. The summed E-state index contributed by atoms with van der Waals surface area (Å²) < 4.78 is 25.5. The molecule has 35 heavy (non-hydrogen) atoms. The normalized spacial score (nSPS) is 13.7. The standard InChI is InChI=1S/C27H25FN4O3/c1-19-7-6-8-20(17-19)26-29-27(35-30-26)21-9-2-5-12-24(21)34-18-25(33)32-15-13-31(14-16-32)23-11-4-3-10-22(23)28/h2-12,17H,13-16,18H2,1H3. The lowest BCUT2D eigenvalue weighted by Crippen LogP contribution is -2.50. The predicted molar refractivity (Wildman–Crippen MR) is 131 cm³/mol. The third-order valence-electron chi connectivity index (χ3n) is 6.00. The number of hydrogen-bond acceptors (Lipinski definition) is 6. The number of benzene rings is 3. The van der Waals surface area contributed by atoms with Crippen LogP contribution in [0.2, 0.25) is 0 Å². The summed E-state index contributed by atoms with van der Waals surface area (Å²) in [6.45, 7) is 4.02. The van der Waals surface area contributed by atoms with Gasteiger partial charge in [-0.25, -0.2) is 4.39 Å². The van der Waals surface area contributed by atoms with E-state index in [1.807, 2.05) is 60.4 Å². The molecule has 7 nitrogen and oxygen atoms in total. The van der Waals surface area contributed by atoms with Crippen molar-refractivity contribution in [3.05, 3.63) is 84.2 Å². The number of aromatic nitrogens is 2. The Balaban J connectivity index is 1.22. The first-order valence-corrected chi connectivity index (χ1v) is 11.5. The number of hydrogen-bond donors (Lipinski definition) is 0. The van der Waals surface area contributed by atoms with E-state index in [0.29, 0.717) is 54.9 Å². The molecule has 0 radical (unpaired) electrons. The fourth-order valence-electron chi connectivity index (χ4n) is 4.14. The van der Waals surface area contributed by atoms with Gasteiger partial charge in [0.05, 0.1) is 11.3 Å². The molecule has 8 heteroatoms. The van der Waals surface area contributed by atoms with Crippen LogP contribution in [-0.4, -0.2) is 53.7 Å². The number of anilines is 1. The summed E-state index contributed by atoms with van der Waals surface area (Å²) in [5, 5.41) is 4.10. The first-order chi connectivity index (χ1) is 17.1. The van der Waals surface area contributed by atoms with E-state index in [1.54, 1.807) is 23.1 Å². The average molecular weight is 473 g/mol. The molecule has 1 aliphatic heterocycles. The zero-order valence-electron chi connectivity index (χ0n) is 19.4. The van der Waals surface area contributed by atoms with Crippen molar-refractivity contribution in [2.75, 3.05) is 37.7 Å². The lowest BCUT2D eigenvalue weighted by Gasteiger charge is -2.36. The topological polar surface area (TPSA) is 71.7 Å². The van der Waals surface area contributed by atoms with Gasteiger partial charge in [-0.2, -0.15) is 4.98 Å². The molecule has 1 aliphatic rings. The van der Waals surface area contributed by atoms with Crippen LogP contribution in [0.25, 0.3) is 22.8 Å². The Morgan fingerprint density at radius 1 is 1.00 bits per heavy atom. The van der Waals surface area contributed by atoms with Gasteiger partial charge in [-0.1, -0.05) is 53.2 Å². The molecule has 3 aromatic carbocycles. The number of rotatable bonds is 6. The smallest absolute Gasteiger partial charge is 0.262 e. The van der Waals surface area contributed by atoms with Crippen LogP contribution in [0.1, 0.15) is 5.56 Å². The van der Waals surface area contributed by atoms with E-state index in [0.717, 1.165) is 11.1 Å². The highest BCUT2D eigenvalue weighted by Gasteiger charge is 2.23. The number of halogens is 1. The molecule has 1 saturated heterocycles. The van der Waals surface area contributed by atoms with Crippen molar-refractivity contribution >= 4 is 11.6 Å². The van der Waals surface area contributed by atoms with Crippen LogP contribution in [0.15, 0.2) is 77.3 Å². The first kappa shape index (κ1) is 22.6. The Bertz CT molecular complexity index is 1330. The van der Waals surface area contributed by atoms with Gasteiger partial charge in [0.15, 0.2) is 6.61 Å². The van der Waals surface area contributed by atoms with Crippen LogP contribution in [0, 0.1) is 12.7 Å². The quantitative estimate of drug-likeness (QED) is 0.409. The minimum atomic E-state index is -0.251. The predicted octanol–water partition coefficient (Wildman–Crippen LogP) is 4.58. The number of piperazine rings is 1. The molecule has 0 aliphatic carbocycles. The molecule has 1 fully saturated rings. The molecule has 178 valence electrons. The highest BCUT2D eigenvalue weighted by atomic mass is 19.1. The second-order valence-corrected chi connectivity index (χ2v) is 8.40. The number of para-hydroxylation sites is 2. The van der Waals surface area contributed by atoms with Gasteiger partial charge in [0.1, 0.15) is 11.6 Å². The van der Waals surface area contributed by atoms with Gasteiger partial charge < -0.3 is 19.1 Å². The Morgan fingerprint density at radius 2 is 1.77 bits per heavy atom. The maximum absolute atomic E-state index is 14.1. The monoisotopic (exact) mass is 472 g/mol. The minimum Gasteiger partial charge on any atom is -0.483 e. The summed E-state index contributed by atoms with van der Waals surface area (Å²) in [6.07, 6.45) is 0. The van der Waals surface area contributed by atoms with Gasteiger partial charge in [0.2, 0.25) is 5.82 Å². The lowest BCUT2D eigenvalue weighted by molar-refractivity contribution is -0.133. The summed E-state index contributed by atoms with van der Waals surface area (Å²) in [4.78, 5) is 21.0. The average Bonchev–Trinajstić information content (AvgIpc) is 3.38. The fourth-order valence-corrected chi connectivity index (χ4v) is 4.14. The van der Waals surface area contributed by atoms with E-state index in [4.69, 9.17) is 9.26 Å². The van der Waals surface area contributed by atoms with E-state index >= 15 is 0 Å². The molecular formula is C27H25FN4O3. The Labute approximate surface area is 202 Å².